The number of amides is 2. The Hall–Kier alpha value is -4.21. The second-order valence-electron chi connectivity index (χ2n) is 10.4. The van der Waals surface area contributed by atoms with E-state index in [2.05, 4.69) is 20.8 Å². The van der Waals surface area contributed by atoms with Gasteiger partial charge in [-0.1, -0.05) is 61.5 Å². The molecule has 9 N–H and O–H groups in total. The molecule has 3 atom stereocenters. The summed E-state index contributed by atoms with van der Waals surface area (Å²) in [6.45, 7) is 3.59. The minimum Gasteiger partial charge on any atom is -0.465 e. The van der Waals surface area contributed by atoms with Crippen molar-refractivity contribution in [1.82, 2.24) is 14.9 Å². The molecule has 0 saturated heterocycles. The number of aliphatic hydroxyl groups excluding tert-OH is 1. The number of hydrogen-bond donors (Lipinski definition) is 7. The maximum absolute atomic E-state index is 13.6. The zero-order chi connectivity index (χ0) is 32.0. The molecule has 0 aliphatic rings. The van der Waals surface area contributed by atoms with Gasteiger partial charge < -0.3 is 37.5 Å². The lowest BCUT2D eigenvalue weighted by Crippen LogP contribution is -2.55. The second-order valence-corrected chi connectivity index (χ2v) is 12.3. The predicted octanol–water partition coefficient (Wildman–Crippen LogP) is 0.920. The summed E-state index contributed by atoms with van der Waals surface area (Å²) in [5.74, 6) is -0.917. The van der Waals surface area contributed by atoms with Crippen molar-refractivity contribution in [3.8, 4) is 0 Å². The molecular formula is C28H41N7O7S. The minimum absolute atomic E-state index is 0.0226. The molecule has 0 spiro atoms. The molecule has 2 rings (SSSR count). The predicted molar refractivity (Wildman–Crippen MR) is 162 cm³/mol. The Morgan fingerprint density at radius 3 is 2.23 bits per heavy atom. The molecule has 0 bridgehead atoms. The van der Waals surface area contributed by atoms with Crippen LogP contribution in [-0.2, 0) is 21.2 Å². The normalized spacial score (nSPS) is 13.9. The number of hydrogen-bond acceptors (Lipinski definition) is 8. The van der Waals surface area contributed by atoms with Crippen molar-refractivity contribution >= 4 is 34.2 Å². The van der Waals surface area contributed by atoms with E-state index in [1.807, 2.05) is 19.9 Å². The fraction of sp³-hybridized carbons (Fsp3) is 0.429. The van der Waals surface area contributed by atoms with E-state index in [1.165, 1.54) is 24.3 Å². The lowest BCUT2D eigenvalue weighted by atomic mass is 10.00. The van der Waals surface area contributed by atoms with Gasteiger partial charge in [0.2, 0.25) is 15.9 Å². The monoisotopic (exact) mass is 619 g/mol. The van der Waals surface area contributed by atoms with Crippen molar-refractivity contribution in [3.05, 3.63) is 65.7 Å². The third-order valence-corrected chi connectivity index (χ3v) is 8.18. The van der Waals surface area contributed by atoms with Crippen molar-refractivity contribution in [2.75, 3.05) is 19.6 Å². The van der Waals surface area contributed by atoms with Crippen LogP contribution in [0.3, 0.4) is 0 Å². The van der Waals surface area contributed by atoms with Gasteiger partial charge in [-0.25, -0.2) is 13.2 Å². The van der Waals surface area contributed by atoms with Crippen LogP contribution in [0.4, 0.5) is 4.79 Å². The molecule has 2 aromatic carbocycles. The van der Waals surface area contributed by atoms with Gasteiger partial charge in [0, 0.05) is 19.6 Å². The summed E-state index contributed by atoms with van der Waals surface area (Å²) in [4.78, 5) is 28.5. The number of carboxylic acid groups (broad SMARTS) is 1. The molecule has 43 heavy (non-hydrogen) atoms. The zero-order valence-corrected chi connectivity index (χ0v) is 25.0. The average molecular weight is 620 g/mol. The third kappa shape index (κ3) is 11.9. The first-order valence-electron chi connectivity index (χ1n) is 13.7. The molecule has 2 aromatic rings. The Morgan fingerprint density at radius 2 is 1.67 bits per heavy atom. The van der Waals surface area contributed by atoms with Gasteiger partial charge in [-0.2, -0.15) is 4.31 Å². The number of nitrogens with two attached hydrogens (primary N) is 2. The Balaban J connectivity index is 2.34. The first-order chi connectivity index (χ1) is 20.3. The van der Waals surface area contributed by atoms with Crippen LogP contribution in [0.15, 0.2) is 69.6 Å². The smallest absolute Gasteiger partial charge is 0.405 e. The molecule has 2 amide bonds. The highest BCUT2D eigenvalue weighted by molar-refractivity contribution is 7.89. The van der Waals surface area contributed by atoms with E-state index in [1.54, 1.807) is 24.3 Å². The Bertz CT molecular complexity index is 1330. The molecule has 0 aromatic heterocycles. The molecule has 0 radical (unpaired) electrons. The molecule has 0 unspecified atom stereocenters. The molecule has 14 nitrogen and oxygen atoms in total. The van der Waals surface area contributed by atoms with Crippen LogP contribution in [0.5, 0.6) is 0 Å². The summed E-state index contributed by atoms with van der Waals surface area (Å²) in [6, 6.07) is 12.6. The molecule has 236 valence electrons. The highest BCUT2D eigenvalue weighted by Gasteiger charge is 2.32. The van der Waals surface area contributed by atoms with Gasteiger partial charge in [-0.15, -0.1) is 0 Å². The largest absolute Gasteiger partial charge is 0.465 e. The van der Waals surface area contributed by atoms with E-state index < -0.39 is 40.2 Å². The first kappa shape index (κ1) is 35.0. The van der Waals surface area contributed by atoms with E-state index in [-0.39, 0.29) is 49.2 Å². The second kappa shape index (κ2) is 17.0. The number of rotatable bonds is 17. The van der Waals surface area contributed by atoms with Crippen LogP contribution >= 0.6 is 0 Å². The van der Waals surface area contributed by atoms with Gasteiger partial charge in [0.15, 0.2) is 5.96 Å². The summed E-state index contributed by atoms with van der Waals surface area (Å²) in [6.07, 6.45) is -1.10. The number of guanidine groups is 1. The van der Waals surface area contributed by atoms with E-state index >= 15 is 0 Å². The van der Waals surface area contributed by atoms with Crippen LogP contribution in [0.2, 0.25) is 0 Å². The zero-order valence-electron chi connectivity index (χ0n) is 24.2. The highest BCUT2D eigenvalue weighted by Crippen LogP contribution is 2.20. The molecule has 15 heteroatoms. The maximum atomic E-state index is 13.6. The highest BCUT2D eigenvalue weighted by atomic mass is 32.2. The summed E-state index contributed by atoms with van der Waals surface area (Å²) in [5.41, 5.74) is 11.9. The van der Waals surface area contributed by atoms with Crippen molar-refractivity contribution in [3.63, 3.8) is 0 Å². The van der Waals surface area contributed by atoms with Crippen LogP contribution < -0.4 is 22.1 Å². The van der Waals surface area contributed by atoms with Crippen LogP contribution in [0, 0.1) is 5.92 Å². The SMILES string of the molecule is CC(C)CN(C[C@H](O)[C@H](Cc1ccccc1)NC(=O)[C@H](CCCN=C(N)N)NC(=O)O)S(=O)(=O)c1ccc(C=NO)cc1. The van der Waals surface area contributed by atoms with Gasteiger partial charge >= 0.3 is 6.09 Å². The summed E-state index contributed by atoms with van der Waals surface area (Å²) in [5, 5.41) is 37.3. The van der Waals surface area contributed by atoms with Crippen molar-refractivity contribution in [2.24, 2.45) is 27.5 Å². The molecule has 0 saturated carbocycles. The van der Waals surface area contributed by atoms with Crippen molar-refractivity contribution in [1.29, 1.82) is 0 Å². The maximum Gasteiger partial charge on any atom is 0.405 e. The van der Waals surface area contributed by atoms with Gasteiger partial charge in [0.05, 0.1) is 23.3 Å². The van der Waals surface area contributed by atoms with Crippen molar-refractivity contribution < 1.29 is 33.4 Å². The Kier molecular flexibility index (Phi) is 13.9. The summed E-state index contributed by atoms with van der Waals surface area (Å²) in [7, 11) is -4.08. The van der Waals surface area contributed by atoms with E-state index in [0.717, 1.165) is 16.1 Å². The summed E-state index contributed by atoms with van der Waals surface area (Å²) >= 11 is 0. The Labute approximate surface area is 251 Å². The fourth-order valence-electron chi connectivity index (χ4n) is 4.31. The van der Waals surface area contributed by atoms with Gasteiger partial charge in [-0.3, -0.25) is 9.79 Å². The number of nitrogens with one attached hydrogen (secondary N) is 2. The average Bonchev–Trinajstić information content (AvgIpc) is 2.94. The molecular weight excluding hydrogens is 578 g/mol. The van der Waals surface area contributed by atoms with Gasteiger partial charge in [0.1, 0.15) is 6.04 Å². The Morgan fingerprint density at radius 1 is 1.02 bits per heavy atom. The molecule has 0 aliphatic carbocycles. The fourth-order valence-corrected chi connectivity index (χ4v) is 5.93. The van der Waals surface area contributed by atoms with E-state index in [4.69, 9.17) is 16.7 Å². The number of nitrogens with zero attached hydrogens (tertiary/aromatic N) is 3. The van der Waals surface area contributed by atoms with Crippen LogP contribution in [-0.4, -0.2) is 90.1 Å². The van der Waals surface area contributed by atoms with Gasteiger partial charge in [0.25, 0.3) is 0 Å². The first-order valence-corrected chi connectivity index (χ1v) is 15.1. The van der Waals surface area contributed by atoms with E-state index in [9.17, 15) is 28.2 Å². The standard InChI is InChI=1S/C28H41N7O7S/c1-19(2)17-35(43(41,42)22-12-10-21(11-13-22)16-32-40)18-25(36)24(15-20-7-4-3-5-8-20)33-26(37)23(34-28(38)39)9-6-14-31-27(29)30/h3-5,7-8,10-13,16,19,23-25,34,36,40H,6,9,14-15,17-18H2,1-2H3,(H,33,37)(H,38,39)(H4,29,30,31)/t23-,24-,25-/m0/s1. The summed E-state index contributed by atoms with van der Waals surface area (Å²) < 4.78 is 28.4. The number of benzene rings is 2. The number of carbonyl (C=O) groups excluding carboxylic acids is 1. The van der Waals surface area contributed by atoms with Gasteiger partial charge in [-0.05, 0) is 48.4 Å². The lowest BCUT2D eigenvalue weighted by molar-refractivity contribution is -0.124. The molecule has 0 aliphatic heterocycles. The topological polar surface area (TPSA) is 233 Å². The van der Waals surface area contributed by atoms with E-state index in [0.29, 0.717) is 12.0 Å². The minimum atomic E-state index is -4.08. The quantitative estimate of drug-likeness (QED) is 0.0438. The molecule has 0 fully saturated rings. The number of oxime groups is 1. The third-order valence-electron chi connectivity index (χ3n) is 6.33. The number of sulfonamides is 1. The van der Waals surface area contributed by atoms with Crippen LogP contribution in [0.25, 0.3) is 0 Å². The van der Waals surface area contributed by atoms with Crippen molar-refractivity contribution in [2.45, 2.75) is 56.2 Å². The van der Waals surface area contributed by atoms with Crippen LogP contribution in [0.1, 0.15) is 37.8 Å². The number of carbonyl (C=O) groups is 2. The number of aliphatic imine (C=N–C) groups is 1. The molecule has 0 heterocycles. The lowest BCUT2D eigenvalue weighted by Gasteiger charge is -2.31. The number of aliphatic hydroxyl groups is 1.